The summed E-state index contributed by atoms with van der Waals surface area (Å²) in [6.07, 6.45) is 3.82. The van der Waals surface area contributed by atoms with Crippen molar-refractivity contribution in [3.05, 3.63) is 24.3 Å². The van der Waals surface area contributed by atoms with Crippen molar-refractivity contribution in [1.29, 1.82) is 0 Å². The molecule has 0 unspecified atom stereocenters. The van der Waals surface area contributed by atoms with Crippen LogP contribution in [0.25, 0.3) is 0 Å². The smallest absolute Gasteiger partial charge is 0.331 e. The molecule has 2 N–H and O–H groups in total. The van der Waals surface area contributed by atoms with Crippen LogP contribution in [0.3, 0.4) is 0 Å². The number of unbranched alkanes of at least 4 members (excludes halogenated alkanes) is 2. The molecule has 0 aliphatic rings. The van der Waals surface area contributed by atoms with Gasteiger partial charge in [-0.2, -0.15) is 0 Å². The Hall–Kier alpha value is -3.17. The van der Waals surface area contributed by atoms with E-state index in [9.17, 15) is 24.0 Å². The highest BCUT2D eigenvalue weighted by Gasteiger charge is 2.18. The van der Waals surface area contributed by atoms with Gasteiger partial charge in [0.25, 0.3) is 0 Å². The van der Waals surface area contributed by atoms with Crippen molar-refractivity contribution in [1.82, 2.24) is 0 Å². The molecular formula is C17H22O10. The molecule has 150 valence electrons. The molecule has 0 rings (SSSR count). The molecule has 10 nitrogen and oxygen atoms in total. The number of esters is 3. The van der Waals surface area contributed by atoms with Crippen molar-refractivity contribution in [2.75, 3.05) is 13.2 Å². The van der Waals surface area contributed by atoms with E-state index in [2.05, 4.69) is 0 Å². The summed E-state index contributed by atoms with van der Waals surface area (Å²) < 4.78 is 14.6. The van der Waals surface area contributed by atoms with Gasteiger partial charge in [0.1, 0.15) is 13.2 Å². The maximum absolute atomic E-state index is 11.8. The second-order valence-corrected chi connectivity index (χ2v) is 5.17. The van der Waals surface area contributed by atoms with E-state index in [0.29, 0.717) is 30.7 Å². The van der Waals surface area contributed by atoms with E-state index in [1.54, 1.807) is 0 Å². The summed E-state index contributed by atoms with van der Waals surface area (Å²) in [6, 6.07) is 0. The zero-order valence-corrected chi connectivity index (χ0v) is 14.8. The molecule has 0 amide bonds. The summed E-state index contributed by atoms with van der Waals surface area (Å²) in [4.78, 5) is 55.2. The van der Waals surface area contributed by atoms with E-state index < -0.39 is 49.2 Å². The fraction of sp³-hybridized carbons (Fsp3) is 0.471. The summed E-state index contributed by atoms with van der Waals surface area (Å²) in [5, 5.41) is 16.9. The second-order valence-electron chi connectivity index (χ2n) is 5.17. The minimum absolute atomic E-state index is 0.129. The number of carboxylic acid groups (broad SMARTS) is 2. The van der Waals surface area contributed by atoms with Crippen LogP contribution in [0.4, 0.5) is 0 Å². The zero-order chi connectivity index (χ0) is 20.7. The molecule has 10 heteroatoms. The predicted molar refractivity (Wildman–Crippen MR) is 89.5 cm³/mol. The first kappa shape index (κ1) is 23.8. The maximum atomic E-state index is 11.8. The van der Waals surface area contributed by atoms with Gasteiger partial charge in [-0.05, 0) is 6.42 Å². The summed E-state index contributed by atoms with van der Waals surface area (Å²) in [5.74, 6) is -5.24. The third-order valence-corrected chi connectivity index (χ3v) is 2.83. The van der Waals surface area contributed by atoms with Crippen molar-refractivity contribution < 1.29 is 48.4 Å². The Morgan fingerprint density at radius 2 is 1.30 bits per heavy atom. The molecule has 0 atom stereocenters. The minimum atomic E-state index is -1.34. The Kier molecular flexibility index (Phi) is 12.4. The Balaban J connectivity index is 4.66. The molecular weight excluding hydrogens is 364 g/mol. The number of hydrogen-bond donors (Lipinski definition) is 2. The van der Waals surface area contributed by atoms with E-state index in [1.165, 1.54) is 0 Å². The molecule has 0 aromatic heterocycles. The number of rotatable bonds is 13. The van der Waals surface area contributed by atoms with E-state index in [4.69, 9.17) is 24.4 Å². The molecule has 0 aliphatic heterocycles. The highest BCUT2D eigenvalue weighted by Crippen LogP contribution is 2.05. The number of aliphatic carboxylic acids is 2. The van der Waals surface area contributed by atoms with Gasteiger partial charge in [-0.1, -0.05) is 19.8 Å². The highest BCUT2D eigenvalue weighted by molar-refractivity contribution is 5.91. The standard InChI is InChI=1S/C17H22O10/c1-2-3-4-5-17(24)27-12(10-25-15(22)8-6-13(18)19)11-26-16(23)9-7-14(20)21/h6-9,12H,2-5,10-11H2,1H3,(H,18,19)(H,20,21)/b8-6+,9-7+. The van der Waals surface area contributed by atoms with Crippen LogP contribution in [0.2, 0.25) is 0 Å². The molecule has 0 bridgehead atoms. The van der Waals surface area contributed by atoms with Crippen molar-refractivity contribution in [3.8, 4) is 0 Å². The first-order chi connectivity index (χ1) is 12.7. The van der Waals surface area contributed by atoms with Crippen molar-refractivity contribution >= 4 is 29.8 Å². The van der Waals surface area contributed by atoms with Gasteiger partial charge < -0.3 is 24.4 Å². The first-order valence-electron chi connectivity index (χ1n) is 8.09. The Morgan fingerprint density at radius 1 is 0.815 bits per heavy atom. The fourth-order valence-corrected chi connectivity index (χ4v) is 1.61. The molecule has 0 saturated heterocycles. The van der Waals surface area contributed by atoms with Gasteiger partial charge in [-0.15, -0.1) is 0 Å². The normalized spacial score (nSPS) is 10.9. The van der Waals surface area contributed by atoms with Crippen LogP contribution in [0.5, 0.6) is 0 Å². The van der Waals surface area contributed by atoms with Crippen molar-refractivity contribution in [3.63, 3.8) is 0 Å². The second kappa shape index (κ2) is 14.0. The molecule has 0 fully saturated rings. The first-order valence-corrected chi connectivity index (χ1v) is 8.09. The lowest BCUT2D eigenvalue weighted by molar-refractivity contribution is -0.164. The van der Waals surface area contributed by atoms with Crippen LogP contribution in [-0.4, -0.2) is 59.4 Å². The number of carbonyl (C=O) groups excluding carboxylic acids is 3. The molecule has 27 heavy (non-hydrogen) atoms. The largest absolute Gasteiger partial charge is 0.478 e. The van der Waals surface area contributed by atoms with Crippen molar-refractivity contribution in [2.24, 2.45) is 0 Å². The average Bonchev–Trinajstić information content (AvgIpc) is 2.60. The van der Waals surface area contributed by atoms with Gasteiger partial charge in [0.2, 0.25) is 0 Å². The summed E-state index contributed by atoms with van der Waals surface area (Å²) in [7, 11) is 0. The minimum Gasteiger partial charge on any atom is -0.478 e. The van der Waals surface area contributed by atoms with E-state index in [1.807, 2.05) is 6.92 Å². The quantitative estimate of drug-likeness (QED) is 0.201. The number of carbonyl (C=O) groups is 5. The van der Waals surface area contributed by atoms with Gasteiger partial charge in [-0.3, -0.25) is 4.79 Å². The highest BCUT2D eigenvalue weighted by atomic mass is 16.6. The van der Waals surface area contributed by atoms with E-state index >= 15 is 0 Å². The van der Waals surface area contributed by atoms with Gasteiger partial charge in [0.05, 0.1) is 0 Å². The third-order valence-electron chi connectivity index (χ3n) is 2.83. The van der Waals surface area contributed by atoms with Gasteiger partial charge >= 0.3 is 29.8 Å². The predicted octanol–water partition coefficient (Wildman–Crippen LogP) is 0.847. The summed E-state index contributed by atoms with van der Waals surface area (Å²) in [6.45, 7) is 1.01. The molecule has 0 radical (unpaired) electrons. The van der Waals surface area contributed by atoms with Crippen molar-refractivity contribution in [2.45, 2.75) is 38.7 Å². The van der Waals surface area contributed by atoms with Crippen LogP contribution in [0, 0.1) is 0 Å². The lowest BCUT2D eigenvalue weighted by Gasteiger charge is -2.17. The number of ether oxygens (including phenoxy) is 3. The Bertz CT molecular complexity index is 551. The number of carboxylic acids is 2. The van der Waals surface area contributed by atoms with Gasteiger partial charge in [0, 0.05) is 30.7 Å². The van der Waals surface area contributed by atoms with Crippen LogP contribution in [-0.2, 0) is 38.2 Å². The number of hydrogen-bond acceptors (Lipinski definition) is 8. The van der Waals surface area contributed by atoms with Crippen LogP contribution in [0.1, 0.15) is 32.6 Å². The van der Waals surface area contributed by atoms with Crippen LogP contribution < -0.4 is 0 Å². The lowest BCUT2D eigenvalue weighted by Crippen LogP contribution is -2.30. The average molecular weight is 386 g/mol. The molecule has 0 heterocycles. The molecule has 0 spiro atoms. The molecule has 0 aromatic carbocycles. The van der Waals surface area contributed by atoms with E-state index in [-0.39, 0.29) is 6.42 Å². The molecule has 0 aromatic rings. The van der Waals surface area contributed by atoms with Crippen LogP contribution in [0.15, 0.2) is 24.3 Å². The fourth-order valence-electron chi connectivity index (χ4n) is 1.61. The third kappa shape index (κ3) is 14.8. The SMILES string of the molecule is CCCCCC(=O)OC(COC(=O)/C=C/C(=O)O)COC(=O)/C=C/C(=O)O. The summed E-state index contributed by atoms with van der Waals surface area (Å²) >= 11 is 0. The molecule has 0 saturated carbocycles. The summed E-state index contributed by atoms with van der Waals surface area (Å²) in [5.41, 5.74) is 0. The van der Waals surface area contributed by atoms with Gasteiger partial charge in [-0.25, -0.2) is 19.2 Å². The monoisotopic (exact) mass is 386 g/mol. The Morgan fingerprint density at radius 3 is 1.70 bits per heavy atom. The zero-order valence-electron chi connectivity index (χ0n) is 14.8. The Labute approximate surface area is 155 Å². The topological polar surface area (TPSA) is 154 Å². The molecule has 0 aliphatic carbocycles. The lowest BCUT2D eigenvalue weighted by atomic mass is 10.2. The van der Waals surface area contributed by atoms with Crippen LogP contribution >= 0.6 is 0 Å². The maximum Gasteiger partial charge on any atom is 0.331 e. The van der Waals surface area contributed by atoms with Gasteiger partial charge in [0.15, 0.2) is 6.10 Å². The van der Waals surface area contributed by atoms with E-state index in [0.717, 1.165) is 12.8 Å².